The van der Waals surface area contributed by atoms with Gasteiger partial charge in [0, 0.05) is 19.3 Å². The Morgan fingerprint density at radius 3 is 2.76 bits per heavy atom. The molecule has 0 aromatic carbocycles. The molecule has 1 aromatic heterocycles. The van der Waals surface area contributed by atoms with Crippen LogP contribution in [0.25, 0.3) is 0 Å². The molecule has 0 unspecified atom stereocenters. The van der Waals surface area contributed by atoms with Gasteiger partial charge in [-0.3, -0.25) is 4.68 Å². The summed E-state index contributed by atoms with van der Waals surface area (Å²) in [4.78, 5) is 0. The Bertz CT molecular complexity index is 390. The quantitative estimate of drug-likeness (QED) is 0.574. The topological polar surface area (TPSA) is 103 Å². The van der Waals surface area contributed by atoms with Crippen LogP contribution in [0.15, 0.2) is 12.4 Å². The van der Waals surface area contributed by atoms with Crippen molar-refractivity contribution in [2.75, 3.05) is 18.8 Å². The maximum absolute atomic E-state index is 11.5. The van der Waals surface area contributed by atoms with Crippen LogP contribution in [-0.4, -0.2) is 42.3 Å². The monoisotopic (exact) mass is 261 g/mol. The minimum Gasteiger partial charge on any atom is -0.330 e. The van der Waals surface area contributed by atoms with E-state index in [-0.39, 0.29) is 5.75 Å². The van der Waals surface area contributed by atoms with Gasteiger partial charge in [0.05, 0.1) is 11.9 Å². The first kappa shape index (κ1) is 14.1. The molecule has 0 aliphatic heterocycles. The van der Waals surface area contributed by atoms with Crippen LogP contribution in [0.5, 0.6) is 0 Å². The van der Waals surface area contributed by atoms with E-state index in [1.54, 1.807) is 17.1 Å². The highest BCUT2D eigenvalue weighted by atomic mass is 32.2. The normalized spacial score (nSPS) is 11.8. The van der Waals surface area contributed by atoms with Crippen LogP contribution in [0.3, 0.4) is 0 Å². The summed E-state index contributed by atoms with van der Waals surface area (Å²) in [5.74, 6) is 0.146. The first-order valence-electron chi connectivity index (χ1n) is 5.65. The second-order valence-electron chi connectivity index (χ2n) is 3.73. The van der Waals surface area contributed by atoms with E-state index >= 15 is 0 Å². The first-order chi connectivity index (χ1) is 8.14. The number of rotatable bonds is 9. The van der Waals surface area contributed by atoms with Crippen LogP contribution in [0.1, 0.15) is 19.3 Å². The Hall–Kier alpha value is -0.990. The van der Waals surface area contributed by atoms with Crippen molar-refractivity contribution < 1.29 is 8.42 Å². The smallest absolute Gasteiger partial charge is 0.211 e. The van der Waals surface area contributed by atoms with E-state index in [1.165, 1.54) is 0 Å². The molecule has 1 rings (SSSR count). The number of hydrogen-bond acceptors (Lipinski definition) is 5. The van der Waals surface area contributed by atoms with Crippen molar-refractivity contribution >= 4 is 10.0 Å². The molecule has 0 atom stereocenters. The Balaban J connectivity index is 2.12. The zero-order valence-electron chi connectivity index (χ0n) is 9.75. The minimum absolute atomic E-state index is 0.146. The van der Waals surface area contributed by atoms with Gasteiger partial charge >= 0.3 is 0 Å². The third-order valence-electron chi connectivity index (χ3n) is 2.23. The highest BCUT2D eigenvalue weighted by Crippen LogP contribution is 1.94. The van der Waals surface area contributed by atoms with Crippen LogP contribution < -0.4 is 10.5 Å². The van der Waals surface area contributed by atoms with Gasteiger partial charge in [0.15, 0.2) is 0 Å². The van der Waals surface area contributed by atoms with Crippen LogP contribution >= 0.6 is 0 Å². The minimum atomic E-state index is -3.15. The molecule has 98 valence electrons. The zero-order valence-corrected chi connectivity index (χ0v) is 10.6. The molecule has 0 fully saturated rings. The Morgan fingerprint density at radius 2 is 2.12 bits per heavy atom. The standard InChI is InChI=1S/C9H19N5O2S/c10-4-1-2-9-17(15,16)12-5-3-7-14-8-6-11-13-14/h6,8,12H,1-5,7,9-10H2. The fourth-order valence-electron chi connectivity index (χ4n) is 1.33. The lowest BCUT2D eigenvalue weighted by atomic mass is 10.3. The van der Waals surface area contributed by atoms with Crippen molar-refractivity contribution in [1.82, 2.24) is 19.7 Å². The van der Waals surface area contributed by atoms with Crippen molar-refractivity contribution in [2.24, 2.45) is 5.73 Å². The summed E-state index contributed by atoms with van der Waals surface area (Å²) in [5, 5.41) is 7.45. The number of nitrogens with two attached hydrogens (primary N) is 1. The number of aromatic nitrogens is 3. The van der Waals surface area contributed by atoms with Gasteiger partial charge in [-0.15, -0.1) is 5.10 Å². The summed E-state index contributed by atoms with van der Waals surface area (Å²) in [5.41, 5.74) is 5.30. The van der Waals surface area contributed by atoms with Gasteiger partial charge in [-0.2, -0.15) is 0 Å². The molecular weight excluding hydrogens is 242 g/mol. The largest absolute Gasteiger partial charge is 0.330 e. The van der Waals surface area contributed by atoms with E-state index in [9.17, 15) is 8.42 Å². The molecule has 3 N–H and O–H groups in total. The molecule has 0 radical (unpaired) electrons. The van der Waals surface area contributed by atoms with E-state index in [4.69, 9.17) is 5.73 Å². The lowest BCUT2D eigenvalue weighted by Crippen LogP contribution is -2.28. The molecule has 7 nitrogen and oxygen atoms in total. The lowest BCUT2D eigenvalue weighted by molar-refractivity contribution is 0.541. The Labute approximate surface area is 101 Å². The van der Waals surface area contributed by atoms with Crippen molar-refractivity contribution in [1.29, 1.82) is 0 Å². The maximum Gasteiger partial charge on any atom is 0.211 e. The molecule has 0 aliphatic rings. The van der Waals surface area contributed by atoms with E-state index < -0.39 is 10.0 Å². The molecule has 17 heavy (non-hydrogen) atoms. The summed E-state index contributed by atoms with van der Waals surface area (Å²) in [7, 11) is -3.15. The Kier molecular flexibility index (Phi) is 6.09. The second kappa shape index (κ2) is 7.36. The van der Waals surface area contributed by atoms with Gasteiger partial charge in [0.1, 0.15) is 0 Å². The molecule has 0 saturated carbocycles. The molecule has 8 heteroatoms. The SMILES string of the molecule is NCCCCS(=O)(=O)NCCCn1ccnn1. The number of unbranched alkanes of at least 4 members (excludes halogenated alkanes) is 1. The molecular formula is C9H19N5O2S. The highest BCUT2D eigenvalue weighted by molar-refractivity contribution is 7.89. The number of nitrogens with one attached hydrogen (secondary N) is 1. The fourth-order valence-corrected chi connectivity index (χ4v) is 2.51. The third kappa shape index (κ3) is 6.35. The van der Waals surface area contributed by atoms with E-state index in [1.807, 2.05) is 0 Å². The summed E-state index contributed by atoms with van der Waals surface area (Å²) < 4.78 is 27.2. The van der Waals surface area contributed by atoms with E-state index in [2.05, 4.69) is 15.0 Å². The Morgan fingerprint density at radius 1 is 1.29 bits per heavy atom. The molecule has 1 aromatic rings. The van der Waals surface area contributed by atoms with Crippen LogP contribution in [0, 0.1) is 0 Å². The van der Waals surface area contributed by atoms with Crippen LogP contribution in [-0.2, 0) is 16.6 Å². The molecule has 0 spiro atoms. The van der Waals surface area contributed by atoms with Crippen LogP contribution in [0.4, 0.5) is 0 Å². The van der Waals surface area contributed by atoms with Gasteiger partial charge in [0.25, 0.3) is 0 Å². The van der Waals surface area contributed by atoms with E-state index in [0.29, 0.717) is 32.5 Å². The van der Waals surface area contributed by atoms with Gasteiger partial charge in [-0.05, 0) is 25.8 Å². The second-order valence-corrected chi connectivity index (χ2v) is 5.66. The average molecular weight is 261 g/mol. The molecule has 0 aliphatic carbocycles. The number of hydrogen-bond donors (Lipinski definition) is 2. The van der Waals surface area contributed by atoms with E-state index in [0.717, 1.165) is 6.42 Å². The van der Waals surface area contributed by atoms with Gasteiger partial charge < -0.3 is 5.73 Å². The maximum atomic E-state index is 11.5. The van der Waals surface area contributed by atoms with Crippen molar-refractivity contribution in [3.05, 3.63) is 12.4 Å². The predicted molar refractivity (Wildman–Crippen MR) is 64.7 cm³/mol. The van der Waals surface area contributed by atoms with Crippen molar-refractivity contribution in [3.63, 3.8) is 0 Å². The van der Waals surface area contributed by atoms with Crippen molar-refractivity contribution in [2.45, 2.75) is 25.8 Å². The number of nitrogens with zero attached hydrogens (tertiary/aromatic N) is 3. The summed E-state index contributed by atoms with van der Waals surface area (Å²) in [6.07, 6.45) is 5.38. The summed E-state index contributed by atoms with van der Waals surface area (Å²) >= 11 is 0. The first-order valence-corrected chi connectivity index (χ1v) is 7.31. The molecule has 0 bridgehead atoms. The lowest BCUT2D eigenvalue weighted by Gasteiger charge is -2.06. The van der Waals surface area contributed by atoms with Gasteiger partial charge in [0.2, 0.25) is 10.0 Å². The fraction of sp³-hybridized carbons (Fsp3) is 0.778. The van der Waals surface area contributed by atoms with Crippen molar-refractivity contribution in [3.8, 4) is 0 Å². The predicted octanol–water partition coefficient (Wildman–Crippen LogP) is -0.673. The third-order valence-corrected chi connectivity index (χ3v) is 3.70. The average Bonchev–Trinajstić information content (AvgIpc) is 2.77. The highest BCUT2D eigenvalue weighted by Gasteiger charge is 2.08. The molecule has 1 heterocycles. The zero-order chi connectivity index (χ0) is 12.6. The molecule has 0 amide bonds. The van der Waals surface area contributed by atoms with Crippen LogP contribution in [0.2, 0.25) is 0 Å². The molecule has 0 saturated heterocycles. The number of aryl methyl sites for hydroxylation is 1. The van der Waals surface area contributed by atoms with Gasteiger partial charge in [-0.1, -0.05) is 5.21 Å². The van der Waals surface area contributed by atoms with Gasteiger partial charge in [-0.25, -0.2) is 13.1 Å². The number of sulfonamides is 1. The summed E-state index contributed by atoms with van der Waals surface area (Å²) in [6, 6.07) is 0. The summed E-state index contributed by atoms with van der Waals surface area (Å²) in [6.45, 7) is 1.61.